The molecule has 1 atom stereocenters. The van der Waals surface area contributed by atoms with Crippen molar-refractivity contribution in [1.82, 2.24) is 14.5 Å². The summed E-state index contributed by atoms with van der Waals surface area (Å²) in [5.41, 5.74) is 0. The quantitative estimate of drug-likeness (QED) is 0.778. The van der Waals surface area contributed by atoms with Gasteiger partial charge in [0, 0.05) is 32.1 Å². The van der Waals surface area contributed by atoms with Crippen molar-refractivity contribution < 1.29 is 17.9 Å². The standard InChI is InChI=1S/C11H17N3O4S/c1-18-6-5-14(10-2-7-19(16,17)8-10)11(15)13-4-3-12-9-13/h3-4,9-10H,2,5-8H2,1H3. The number of carbonyl (C=O) groups is 1. The van der Waals surface area contributed by atoms with Gasteiger partial charge in [-0.25, -0.2) is 18.2 Å². The molecule has 0 bridgehead atoms. The van der Waals surface area contributed by atoms with Crippen molar-refractivity contribution in [2.45, 2.75) is 12.5 Å². The van der Waals surface area contributed by atoms with Crippen LogP contribution in [-0.4, -0.2) is 66.7 Å². The summed E-state index contributed by atoms with van der Waals surface area (Å²) in [6.45, 7) is 0.741. The number of methoxy groups -OCH3 is 1. The van der Waals surface area contributed by atoms with Gasteiger partial charge in [0.1, 0.15) is 6.33 Å². The molecule has 1 aromatic rings. The Kier molecular flexibility index (Phi) is 4.20. The summed E-state index contributed by atoms with van der Waals surface area (Å²) in [6, 6.07) is -0.549. The molecule has 1 amide bonds. The predicted molar refractivity (Wildman–Crippen MR) is 68.7 cm³/mol. The molecule has 1 saturated heterocycles. The van der Waals surface area contributed by atoms with Gasteiger partial charge in [0.2, 0.25) is 0 Å². The zero-order valence-electron chi connectivity index (χ0n) is 10.7. The molecule has 0 saturated carbocycles. The van der Waals surface area contributed by atoms with E-state index in [0.717, 1.165) is 0 Å². The molecule has 8 heteroatoms. The van der Waals surface area contributed by atoms with Crippen LogP contribution in [0.1, 0.15) is 6.42 Å². The first-order valence-electron chi connectivity index (χ1n) is 6.02. The lowest BCUT2D eigenvalue weighted by Gasteiger charge is -2.27. The molecule has 2 heterocycles. The van der Waals surface area contributed by atoms with Gasteiger partial charge in [0.05, 0.1) is 18.1 Å². The van der Waals surface area contributed by atoms with Crippen LogP contribution in [0.5, 0.6) is 0 Å². The van der Waals surface area contributed by atoms with Crippen LogP contribution in [0, 0.1) is 0 Å². The molecule has 19 heavy (non-hydrogen) atoms. The van der Waals surface area contributed by atoms with Gasteiger partial charge in [0.15, 0.2) is 9.84 Å². The smallest absolute Gasteiger partial charge is 0.329 e. The number of sulfone groups is 1. The van der Waals surface area contributed by atoms with Crippen LogP contribution in [0.25, 0.3) is 0 Å². The first-order valence-corrected chi connectivity index (χ1v) is 7.84. The molecule has 1 fully saturated rings. The van der Waals surface area contributed by atoms with Gasteiger partial charge in [-0.3, -0.25) is 4.57 Å². The maximum atomic E-state index is 12.3. The van der Waals surface area contributed by atoms with Gasteiger partial charge in [-0.05, 0) is 6.42 Å². The molecule has 0 aromatic carbocycles. The van der Waals surface area contributed by atoms with Crippen molar-refractivity contribution in [3.8, 4) is 0 Å². The van der Waals surface area contributed by atoms with Crippen molar-refractivity contribution >= 4 is 15.9 Å². The molecule has 0 N–H and O–H groups in total. The van der Waals surface area contributed by atoms with Crippen molar-refractivity contribution in [2.75, 3.05) is 31.8 Å². The van der Waals surface area contributed by atoms with Gasteiger partial charge in [0.25, 0.3) is 0 Å². The van der Waals surface area contributed by atoms with E-state index in [4.69, 9.17) is 4.74 Å². The summed E-state index contributed by atoms with van der Waals surface area (Å²) >= 11 is 0. The summed E-state index contributed by atoms with van der Waals surface area (Å²) in [6.07, 6.45) is 4.95. The van der Waals surface area contributed by atoms with Gasteiger partial charge in [-0.1, -0.05) is 0 Å². The van der Waals surface area contributed by atoms with Crippen molar-refractivity contribution in [3.63, 3.8) is 0 Å². The van der Waals surface area contributed by atoms with Crippen LogP contribution >= 0.6 is 0 Å². The fraction of sp³-hybridized carbons (Fsp3) is 0.636. The third kappa shape index (κ3) is 3.32. The Bertz CT molecular complexity index is 526. The van der Waals surface area contributed by atoms with Crippen LogP contribution in [0.2, 0.25) is 0 Å². The molecule has 1 unspecified atom stereocenters. The zero-order valence-corrected chi connectivity index (χ0v) is 11.5. The number of ether oxygens (including phenoxy) is 1. The lowest BCUT2D eigenvalue weighted by Crippen LogP contribution is -2.44. The maximum absolute atomic E-state index is 12.3. The number of rotatable bonds is 4. The number of carbonyl (C=O) groups excluding carboxylic acids is 1. The SMILES string of the molecule is COCCN(C(=O)n1ccnc1)C1CCS(=O)(=O)C1. The summed E-state index contributed by atoms with van der Waals surface area (Å²) in [4.78, 5) is 17.7. The van der Waals surface area contributed by atoms with E-state index in [1.165, 1.54) is 17.1 Å². The Morgan fingerprint density at radius 2 is 2.37 bits per heavy atom. The maximum Gasteiger partial charge on any atom is 0.329 e. The predicted octanol–water partition coefficient (Wildman–Crippen LogP) is -0.0133. The molecule has 1 aromatic heterocycles. The lowest BCUT2D eigenvalue weighted by molar-refractivity contribution is 0.134. The molecule has 0 radical (unpaired) electrons. The van der Waals surface area contributed by atoms with Crippen LogP contribution in [0.15, 0.2) is 18.7 Å². The van der Waals surface area contributed by atoms with Crippen LogP contribution in [0.3, 0.4) is 0 Å². The summed E-state index contributed by atoms with van der Waals surface area (Å²) in [5, 5.41) is 0. The molecule has 0 spiro atoms. The topological polar surface area (TPSA) is 81.5 Å². The third-order valence-electron chi connectivity index (χ3n) is 3.16. The molecule has 106 valence electrons. The highest BCUT2D eigenvalue weighted by Crippen LogP contribution is 2.18. The Hall–Kier alpha value is -1.41. The Morgan fingerprint density at radius 1 is 1.58 bits per heavy atom. The molecular weight excluding hydrogens is 270 g/mol. The largest absolute Gasteiger partial charge is 0.383 e. The monoisotopic (exact) mass is 287 g/mol. The average molecular weight is 287 g/mol. The molecule has 2 rings (SSSR count). The second kappa shape index (κ2) is 5.70. The van der Waals surface area contributed by atoms with E-state index >= 15 is 0 Å². The van der Waals surface area contributed by atoms with Crippen LogP contribution < -0.4 is 0 Å². The van der Waals surface area contributed by atoms with Crippen molar-refractivity contribution in [2.24, 2.45) is 0 Å². The van der Waals surface area contributed by atoms with E-state index < -0.39 is 9.84 Å². The van der Waals surface area contributed by atoms with E-state index in [1.807, 2.05) is 0 Å². The van der Waals surface area contributed by atoms with Crippen molar-refractivity contribution in [1.29, 1.82) is 0 Å². The van der Waals surface area contributed by atoms with E-state index in [0.29, 0.717) is 19.6 Å². The van der Waals surface area contributed by atoms with Crippen LogP contribution in [-0.2, 0) is 14.6 Å². The summed E-state index contributed by atoms with van der Waals surface area (Å²) in [5.74, 6) is 0.162. The Balaban J connectivity index is 2.14. The van der Waals surface area contributed by atoms with E-state index in [-0.39, 0.29) is 23.6 Å². The molecule has 0 aliphatic carbocycles. The molecule has 7 nitrogen and oxygen atoms in total. The Morgan fingerprint density at radius 3 is 2.89 bits per heavy atom. The average Bonchev–Trinajstić information content (AvgIpc) is 2.99. The Labute approximate surface area is 112 Å². The fourth-order valence-corrected chi connectivity index (χ4v) is 3.90. The van der Waals surface area contributed by atoms with Crippen LogP contribution in [0.4, 0.5) is 4.79 Å². The van der Waals surface area contributed by atoms with E-state index in [9.17, 15) is 13.2 Å². The van der Waals surface area contributed by atoms with Gasteiger partial charge in [-0.2, -0.15) is 0 Å². The molecule has 1 aliphatic heterocycles. The normalized spacial score (nSPS) is 21.4. The van der Waals surface area contributed by atoms with Gasteiger partial charge in [-0.15, -0.1) is 0 Å². The minimum Gasteiger partial charge on any atom is -0.383 e. The van der Waals surface area contributed by atoms with E-state index in [1.54, 1.807) is 18.2 Å². The first-order chi connectivity index (χ1) is 9.03. The number of hydrogen-bond donors (Lipinski definition) is 0. The number of nitrogens with zero attached hydrogens (tertiary/aromatic N) is 3. The van der Waals surface area contributed by atoms with Gasteiger partial charge >= 0.3 is 6.03 Å². The lowest BCUT2D eigenvalue weighted by atomic mass is 10.2. The first kappa shape index (κ1) is 14.0. The molecule has 1 aliphatic rings. The van der Waals surface area contributed by atoms with E-state index in [2.05, 4.69) is 4.98 Å². The highest BCUT2D eigenvalue weighted by atomic mass is 32.2. The number of hydrogen-bond acceptors (Lipinski definition) is 5. The fourth-order valence-electron chi connectivity index (χ4n) is 2.17. The minimum atomic E-state index is -3.03. The number of aromatic nitrogens is 2. The molecular formula is C11H17N3O4S. The minimum absolute atomic E-state index is 0.0250. The second-order valence-electron chi connectivity index (χ2n) is 4.50. The number of imidazole rings is 1. The summed E-state index contributed by atoms with van der Waals surface area (Å²) in [7, 11) is -1.48. The van der Waals surface area contributed by atoms with Gasteiger partial charge < -0.3 is 9.64 Å². The van der Waals surface area contributed by atoms with Crippen molar-refractivity contribution in [3.05, 3.63) is 18.7 Å². The second-order valence-corrected chi connectivity index (χ2v) is 6.72. The zero-order chi connectivity index (χ0) is 13.9. The highest BCUT2D eigenvalue weighted by Gasteiger charge is 2.34. The highest BCUT2D eigenvalue weighted by molar-refractivity contribution is 7.91. The number of amides is 1. The summed E-state index contributed by atoms with van der Waals surface area (Å²) < 4.78 is 29.4. The third-order valence-corrected chi connectivity index (χ3v) is 4.91.